The SMILES string of the molecule is Cc1ccc(C2(C(=O)N3[C@H]4CC[C@H]3CC(Cc3cnc5ccccc5c3)C4)CCOCC2)cc1. The van der Waals surface area contributed by atoms with E-state index in [1.54, 1.807) is 0 Å². The minimum atomic E-state index is -0.429. The molecule has 2 aromatic carbocycles. The number of hydrogen-bond donors (Lipinski definition) is 0. The molecular weight excluding hydrogens is 420 g/mol. The van der Waals surface area contributed by atoms with Crippen molar-refractivity contribution in [3.05, 3.63) is 77.5 Å². The molecule has 0 N–H and O–H groups in total. The number of pyridine rings is 1. The predicted octanol–water partition coefficient (Wildman–Crippen LogP) is 5.60. The molecule has 4 nitrogen and oxygen atoms in total. The number of aromatic nitrogens is 1. The van der Waals surface area contributed by atoms with Crippen LogP contribution in [-0.2, 0) is 21.4 Å². The Kier molecular flexibility index (Phi) is 5.65. The van der Waals surface area contributed by atoms with Crippen LogP contribution < -0.4 is 0 Å². The van der Waals surface area contributed by atoms with Crippen LogP contribution in [-0.4, -0.2) is 41.1 Å². The van der Waals surface area contributed by atoms with Crippen molar-refractivity contribution in [2.75, 3.05) is 13.2 Å². The van der Waals surface area contributed by atoms with Crippen LogP contribution in [0.25, 0.3) is 10.9 Å². The molecule has 0 saturated carbocycles. The number of nitrogens with zero attached hydrogens (tertiary/aromatic N) is 2. The molecule has 4 heterocycles. The third-order valence-electron chi connectivity index (χ3n) is 8.60. The van der Waals surface area contributed by atoms with Gasteiger partial charge in [-0.25, -0.2) is 0 Å². The smallest absolute Gasteiger partial charge is 0.233 e. The molecule has 2 atom stereocenters. The van der Waals surface area contributed by atoms with Gasteiger partial charge in [-0.05, 0) is 81.0 Å². The second kappa shape index (κ2) is 8.81. The fraction of sp³-hybridized carbons (Fsp3) is 0.467. The van der Waals surface area contributed by atoms with Gasteiger partial charge >= 0.3 is 0 Å². The number of ether oxygens (including phenoxy) is 1. The Labute approximate surface area is 202 Å². The number of rotatable bonds is 4. The Balaban J connectivity index is 1.22. The van der Waals surface area contributed by atoms with Crippen LogP contribution in [0.1, 0.15) is 55.2 Å². The van der Waals surface area contributed by atoms with E-state index in [9.17, 15) is 4.79 Å². The van der Waals surface area contributed by atoms with Gasteiger partial charge < -0.3 is 9.64 Å². The molecule has 3 aliphatic rings. The molecule has 0 aliphatic carbocycles. The zero-order chi connectivity index (χ0) is 23.1. The van der Waals surface area contributed by atoms with Crippen molar-refractivity contribution in [1.29, 1.82) is 0 Å². The Morgan fingerprint density at radius 2 is 1.74 bits per heavy atom. The maximum Gasteiger partial charge on any atom is 0.233 e. The molecule has 1 amide bonds. The highest BCUT2D eigenvalue weighted by atomic mass is 16.5. The molecule has 3 fully saturated rings. The quantitative estimate of drug-likeness (QED) is 0.515. The number of aryl methyl sites for hydroxylation is 1. The van der Waals surface area contributed by atoms with E-state index in [-0.39, 0.29) is 0 Å². The lowest BCUT2D eigenvalue weighted by Crippen LogP contribution is -2.56. The van der Waals surface area contributed by atoms with Crippen molar-refractivity contribution in [3.63, 3.8) is 0 Å². The summed E-state index contributed by atoms with van der Waals surface area (Å²) in [6.07, 6.45) is 9.19. The zero-order valence-electron chi connectivity index (χ0n) is 20.1. The minimum Gasteiger partial charge on any atom is -0.381 e. The second-order valence-corrected chi connectivity index (χ2v) is 10.7. The van der Waals surface area contributed by atoms with Gasteiger partial charge in [-0.1, -0.05) is 48.0 Å². The average Bonchev–Trinajstić information content (AvgIpc) is 3.14. The van der Waals surface area contributed by atoms with Crippen LogP contribution in [0.15, 0.2) is 60.8 Å². The molecule has 0 unspecified atom stereocenters. The minimum absolute atomic E-state index is 0.359. The highest BCUT2D eigenvalue weighted by Crippen LogP contribution is 2.45. The Morgan fingerprint density at radius 1 is 1.03 bits per heavy atom. The van der Waals surface area contributed by atoms with Gasteiger partial charge in [-0.3, -0.25) is 9.78 Å². The number of carbonyl (C=O) groups is 1. The molecule has 0 spiro atoms. The summed E-state index contributed by atoms with van der Waals surface area (Å²) in [7, 11) is 0. The van der Waals surface area contributed by atoms with Crippen molar-refractivity contribution in [3.8, 4) is 0 Å². The number of carbonyl (C=O) groups excluding carboxylic acids is 1. The van der Waals surface area contributed by atoms with Crippen molar-refractivity contribution in [2.45, 2.75) is 69.4 Å². The lowest BCUT2D eigenvalue weighted by atomic mass is 9.72. The lowest BCUT2D eigenvalue weighted by molar-refractivity contribution is -0.146. The van der Waals surface area contributed by atoms with E-state index < -0.39 is 5.41 Å². The number of amides is 1. The third kappa shape index (κ3) is 3.82. The van der Waals surface area contributed by atoms with Crippen LogP contribution in [0, 0.1) is 12.8 Å². The maximum absolute atomic E-state index is 14.3. The van der Waals surface area contributed by atoms with Gasteiger partial charge in [0.2, 0.25) is 5.91 Å². The fourth-order valence-corrected chi connectivity index (χ4v) is 6.82. The van der Waals surface area contributed by atoms with Crippen LogP contribution in [0.3, 0.4) is 0 Å². The Bertz CT molecular complexity index is 1170. The van der Waals surface area contributed by atoms with Gasteiger partial charge in [0.1, 0.15) is 0 Å². The van der Waals surface area contributed by atoms with Crippen molar-refractivity contribution in [2.24, 2.45) is 5.92 Å². The first-order valence-electron chi connectivity index (χ1n) is 12.9. The summed E-state index contributed by atoms with van der Waals surface area (Å²) in [6, 6.07) is 20.1. The normalized spacial score (nSPS) is 26.0. The first-order valence-corrected chi connectivity index (χ1v) is 12.9. The fourth-order valence-electron chi connectivity index (χ4n) is 6.82. The maximum atomic E-state index is 14.3. The van der Waals surface area contributed by atoms with Crippen LogP contribution in [0.4, 0.5) is 0 Å². The van der Waals surface area contributed by atoms with E-state index >= 15 is 0 Å². The monoisotopic (exact) mass is 454 g/mol. The molecule has 2 bridgehead atoms. The zero-order valence-corrected chi connectivity index (χ0v) is 20.1. The average molecular weight is 455 g/mol. The van der Waals surface area contributed by atoms with E-state index in [0.717, 1.165) is 50.5 Å². The Morgan fingerprint density at radius 3 is 2.47 bits per heavy atom. The Hall–Kier alpha value is -2.72. The molecule has 3 aromatic rings. The van der Waals surface area contributed by atoms with E-state index in [4.69, 9.17) is 4.74 Å². The third-order valence-corrected chi connectivity index (χ3v) is 8.60. The highest BCUT2D eigenvalue weighted by molar-refractivity contribution is 5.89. The van der Waals surface area contributed by atoms with E-state index in [0.29, 0.717) is 37.1 Å². The summed E-state index contributed by atoms with van der Waals surface area (Å²) in [5.41, 5.74) is 4.37. The summed E-state index contributed by atoms with van der Waals surface area (Å²) in [5.74, 6) is 0.979. The van der Waals surface area contributed by atoms with Crippen molar-refractivity contribution >= 4 is 16.8 Å². The molecule has 4 heteroatoms. The summed E-state index contributed by atoms with van der Waals surface area (Å²) in [5, 5.41) is 1.22. The number of fused-ring (bicyclic) bond motifs is 3. The van der Waals surface area contributed by atoms with E-state index in [1.165, 1.54) is 22.1 Å². The molecule has 34 heavy (non-hydrogen) atoms. The van der Waals surface area contributed by atoms with Gasteiger partial charge in [-0.15, -0.1) is 0 Å². The molecule has 176 valence electrons. The summed E-state index contributed by atoms with van der Waals surface area (Å²) >= 11 is 0. The van der Waals surface area contributed by atoms with Gasteiger partial charge in [0.05, 0.1) is 10.9 Å². The molecule has 0 radical (unpaired) electrons. The van der Waals surface area contributed by atoms with Gasteiger partial charge in [0, 0.05) is 36.9 Å². The van der Waals surface area contributed by atoms with Crippen LogP contribution in [0.2, 0.25) is 0 Å². The van der Waals surface area contributed by atoms with Gasteiger partial charge in [-0.2, -0.15) is 0 Å². The van der Waals surface area contributed by atoms with Crippen molar-refractivity contribution < 1.29 is 9.53 Å². The van der Waals surface area contributed by atoms with Gasteiger partial charge in [0.25, 0.3) is 0 Å². The number of para-hydroxylation sites is 1. The number of benzene rings is 2. The standard InChI is InChI=1S/C30H34N2O2/c1-21-6-8-25(9-7-21)30(12-14-34-15-13-30)29(33)32-26-10-11-27(32)19-22(18-26)16-23-17-24-4-2-3-5-28(24)31-20-23/h2-9,17,20,22,26-27H,10-16,18-19H2,1H3/t26-,27-/m0/s1. The van der Waals surface area contributed by atoms with Crippen LogP contribution in [0.5, 0.6) is 0 Å². The number of hydrogen-bond acceptors (Lipinski definition) is 3. The molecule has 6 rings (SSSR count). The number of piperidine rings is 1. The van der Waals surface area contributed by atoms with Crippen LogP contribution >= 0.6 is 0 Å². The first kappa shape index (κ1) is 21.8. The van der Waals surface area contributed by atoms with E-state index in [1.807, 2.05) is 6.07 Å². The molecule has 1 aromatic heterocycles. The first-order chi connectivity index (χ1) is 16.6. The summed E-state index contributed by atoms with van der Waals surface area (Å²) in [6.45, 7) is 3.44. The topological polar surface area (TPSA) is 42.4 Å². The lowest BCUT2D eigenvalue weighted by Gasteiger charge is -2.46. The highest BCUT2D eigenvalue weighted by Gasteiger charge is 2.51. The van der Waals surface area contributed by atoms with E-state index in [2.05, 4.69) is 71.5 Å². The molecule has 3 saturated heterocycles. The summed E-state index contributed by atoms with van der Waals surface area (Å²) < 4.78 is 5.71. The largest absolute Gasteiger partial charge is 0.381 e. The molecular formula is C30H34N2O2. The second-order valence-electron chi connectivity index (χ2n) is 10.7. The van der Waals surface area contributed by atoms with Crippen molar-refractivity contribution in [1.82, 2.24) is 9.88 Å². The van der Waals surface area contributed by atoms with Gasteiger partial charge in [0.15, 0.2) is 0 Å². The summed E-state index contributed by atoms with van der Waals surface area (Å²) in [4.78, 5) is 21.3. The predicted molar refractivity (Wildman–Crippen MR) is 135 cm³/mol. The molecule has 3 aliphatic heterocycles.